The molecule has 8 heteroatoms. The van der Waals surface area contributed by atoms with Crippen LogP contribution in [0, 0.1) is 15.9 Å². The molecule has 3 aromatic carbocycles. The van der Waals surface area contributed by atoms with E-state index in [0.717, 1.165) is 11.1 Å². The Morgan fingerprint density at radius 2 is 1.76 bits per heavy atom. The van der Waals surface area contributed by atoms with Crippen LogP contribution in [0.5, 0.6) is 5.75 Å². The first kappa shape index (κ1) is 21.1. The number of hydrogen-bond acceptors (Lipinski definition) is 5. The second-order valence-corrected chi connectivity index (χ2v) is 8.48. The van der Waals surface area contributed by atoms with Crippen LogP contribution in [-0.4, -0.2) is 22.9 Å². The van der Waals surface area contributed by atoms with Gasteiger partial charge in [-0.1, -0.05) is 42.5 Å². The van der Waals surface area contributed by atoms with Crippen LogP contribution in [0.25, 0.3) is 0 Å². The number of ether oxygens (including phenoxy) is 1. The molecule has 0 aromatic heterocycles. The van der Waals surface area contributed by atoms with Gasteiger partial charge >= 0.3 is 0 Å². The molecule has 0 radical (unpaired) electrons. The predicted molar refractivity (Wildman–Crippen MR) is 120 cm³/mol. The molecule has 1 spiro atoms. The van der Waals surface area contributed by atoms with E-state index >= 15 is 0 Å². The van der Waals surface area contributed by atoms with E-state index in [9.17, 15) is 19.3 Å². The second kappa shape index (κ2) is 7.97. The Morgan fingerprint density at radius 1 is 1.06 bits per heavy atom. The number of benzene rings is 3. The minimum absolute atomic E-state index is 0.276. The van der Waals surface area contributed by atoms with Crippen LogP contribution in [0.15, 0.2) is 72.8 Å². The number of carbonyl (C=O) groups is 1. The Balaban J connectivity index is 1.42. The fourth-order valence-electron chi connectivity index (χ4n) is 5.09. The van der Waals surface area contributed by atoms with Crippen molar-refractivity contribution in [2.24, 2.45) is 0 Å². The molecule has 1 saturated heterocycles. The zero-order valence-corrected chi connectivity index (χ0v) is 17.8. The summed E-state index contributed by atoms with van der Waals surface area (Å²) in [4.78, 5) is 25.1. The smallest absolute Gasteiger partial charge is 0.256 e. The molecule has 0 saturated carbocycles. The number of carbonyl (C=O) groups excluding carboxylic acids is 1. The highest BCUT2D eigenvalue weighted by atomic mass is 19.1. The first-order valence-electron chi connectivity index (χ1n) is 10.7. The van der Waals surface area contributed by atoms with E-state index in [-0.39, 0.29) is 23.4 Å². The van der Waals surface area contributed by atoms with Gasteiger partial charge in [-0.25, -0.2) is 4.39 Å². The molecule has 2 heterocycles. The maximum Gasteiger partial charge on any atom is 0.256 e. The Morgan fingerprint density at radius 3 is 2.45 bits per heavy atom. The number of para-hydroxylation sites is 1. The topological polar surface area (TPSA) is 93.5 Å². The van der Waals surface area contributed by atoms with Crippen LogP contribution in [0.1, 0.15) is 29.5 Å². The van der Waals surface area contributed by atoms with Crippen LogP contribution in [0.4, 0.5) is 10.1 Å². The van der Waals surface area contributed by atoms with Gasteiger partial charge in [0.1, 0.15) is 18.2 Å². The lowest BCUT2D eigenvalue weighted by molar-refractivity contribution is -0.532. The van der Waals surface area contributed by atoms with Gasteiger partial charge in [-0.05, 0) is 48.4 Å². The van der Waals surface area contributed by atoms with Gasteiger partial charge in [-0.15, -0.1) is 0 Å². The highest BCUT2D eigenvalue weighted by molar-refractivity contribution is 6.07. The summed E-state index contributed by atoms with van der Waals surface area (Å²) in [6, 6.07) is 18.8. The van der Waals surface area contributed by atoms with Gasteiger partial charge in [-0.3, -0.25) is 20.2 Å². The molecular formula is C25H22FN3O4. The van der Waals surface area contributed by atoms with Crippen molar-refractivity contribution in [2.45, 2.75) is 37.1 Å². The van der Waals surface area contributed by atoms with Crippen molar-refractivity contribution >= 4 is 11.6 Å². The molecule has 0 bridgehead atoms. The molecule has 2 aliphatic rings. The number of nitrogens with zero attached hydrogens (tertiary/aromatic N) is 1. The normalized spacial score (nSPS) is 25.6. The standard InChI is InChI=1S/C25H22FN3O4/c1-15-22(17-8-12-19(13-9-17)33-14-16-6-10-18(26)11-7-16)23(29(31)32)25(28-15)20-4-2-3-5-21(20)27-24(25)30/h2-13,15,22-23,28H,14H2,1H3,(H,27,30)/t15-,22+,23-,25-/m0/s1. The number of anilines is 1. The Labute approximate surface area is 189 Å². The molecule has 2 aliphatic heterocycles. The van der Waals surface area contributed by atoms with Gasteiger partial charge in [-0.2, -0.15) is 0 Å². The highest BCUT2D eigenvalue weighted by Gasteiger charge is 2.67. The minimum Gasteiger partial charge on any atom is -0.489 e. The molecule has 7 nitrogen and oxygen atoms in total. The molecule has 4 atom stereocenters. The van der Waals surface area contributed by atoms with Gasteiger partial charge in [0.2, 0.25) is 0 Å². The van der Waals surface area contributed by atoms with Crippen molar-refractivity contribution < 1.29 is 18.8 Å². The predicted octanol–water partition coefficient (Wildman–Crippen LogP) is 3.97. The van der Waals surface area contributed by atoms with Crippen molar-refractivity contribution in [3.05, 3.63) is 105 Å². The maximum atomic E-state index is 13.1. The molecule has 2 N–H and O–H groups in total. The fourth-order valence-corrected chi connectivity index (χ4v) is 5.09. The third kappa shape index (κ3) is 3.43. The average molecular weight is 447 g/mol. The summed E-state index contributed by atoms with van der Waals surface area (Å²) >= 11 is 0. The SMILES string of the molecule is C[C@@H]1N[C@]2(C(=O)Nc3ccccc32)[C@@H]([N+](=O)[O-])[C@H]1c1ccc(OCc2ccc(F)cc2)cc1. The van der Waals surface area contributed by atoms with Crippen molar-refractivity contribution in [1.29, 1.82) is 0 Å². The zero-order valence-electron chi connectivity index (χ0n) is 17.8. The van der Waals surface area contributed by atoms with Crippen LogP contribution in [-0.2, 0) is 16.9 Å². The van der Waals surface area contributed by atoms with E-state index in [0.29, 0.717) is 17.0 Å². The largest absolute Gasteiger partial charge is 0.489 e. The Bertz CT molecular complexity index is 1220. The van der Waals surface area contributed by atoms with E-state index in [4.69, 9.17) is 4.74 Å². The number of rotatable bonds is 5. The van der Waals surface area contributed by atoms with Gasteiger partial charge in [0.25, 0.3) is 11.9 Å². The molecule has 0 unspecified atom stereocenters. The molecular weight excluding hydrogens is 425 g/mol. The van der Waals surface area contributed by atoms with E-state index < -0.39 is 23.4 Å². The van der Waals surface area contributed by atoms with Gasteiger partial charge in [0, 0.05) is 22.2 Å². The third-order valence-corrected chi connectivity index (χ3v) is 6.55. The maximum absolute atomic E-state index is 13.1. The zero-order chi connectivity index (χ0) is 23.2. The van der Waals surface area contributed by atoms with Crippen molar-refractivity contribution in [2.75, 3.05) is 5.32 Å². The van der Waals surface area contributed by atoms with Crippen LogP contribution in [0.2, 0.25) is 0 Å². The number of nitro groups is 1. The first-order chi connectivity index (χ1) is 15.9. The molecule has 1 fully saturated rings. The lowest BCUT2D eigenvalue weighted by Crippen LogP contribution is -2.54. The fraction of sp³-hybridized carbons (Fsp3) is 0.240. The number of nitrogens with one attached hydrogen (secondary N) is 2. The van der Waals surface area contributed by atoms with E-state index in [1.807, 2.05) is 6.92 Å². The molecule has 0 aliphatic carbocycles. The van der Waals surface area contributed by atoms with E-state index in [1.54, 1.807) is 60.7 Å². The lowest BCUT2D eigenvalue weighted by atomic mass is 9.78. The quantitative estimate of drug-likeness (QED) is 0.456. The molecule has 5 rings (SSSR count). The van der Waals surface area contributed by atoms with Crippen LogP contribution >= 0.6 is 0 Å². The van der Waals surface area contributed by atoms with Crippen molar-refractivity contribution in [1.82, 2.24) is 5.32 Å². The minimum atomic E-state index is -1.43. The van der Waals surface area contributed by atoms with Crippen LogP contribution in [0.3, 0.4) is 0 Å². The summed E-state index contributed by atoms with van der Waals surface area (Å²) in [6.07, 6.45) is 0. The Hall–Kier alpha value is -3.78. The van der Waals surface area contributed by atoms with E-state index in [2.05, 4.69) is 10.6 Å². The molecule has 1 amide bonds. The van der Waals surface area contributed by atoms with Crippen molar-refractivity contribution in [3.8, 4) is 5.75 Å². The van der Waals surface area contributed by atoms with Gasteiger partial charge in [0.15, 0.2) is 5.54 Å². The number of fused-ring (bicyclic) bond motifs is 2. The van der Waals surface area contributed by atoms with Gasteiger partial charge in [0.05, 0.1) is 5.92 Å². The number of hydrogen-bond donors (Lipinski definition) is 2. The number of amides is 1. The average Bonchev–Trinajstić information content (AvgIpc) is 3.27. The monoisotopic (exact) mass is 447 g/mol. The Kier molecular flexibility index (Phi) is 5.09. The summed E-state index contributed by atoms with van der Waals surface area (Å²) < 4.78 is 18.8. The van der Waals surface area contributed by atoms with Crippen molar-refractivity contribution in [3.63, 3.8) is 0 Å². The third-order valence-electron chi connectivity index (χ3n) is 6.55. The highest BCUT2D eigenvalue weighted by Crippen LogP contribution is 2.49. The molecule has 168 valence electrons. The summed E-state index contributed by atoms with van der Waals surface area (Å²) in [7, 11) is 0. The van der Waals surface area contributed by atoms with E-state index in [1.165, 1.54) is 12.1 Å². The molecule has 33 heavy (non-hydrogen) atoms. The molecule has 3 aromatic rings. The first-order valence-corrected chi connectivity index (χ1v) is 10.7. The summed E-state index contributed by atoms with van der Waals surface area (Å²) in [5.41, 5.74) is 1.35. The number of halogens is 1. The second-order valence-electron chi connectivity index (χ2n) is 8.48. The lowest BCUT2D eigenvalue weighted by Gasteiger charge is -2.25. The summed E-state index contributed by atoms with van der Waals surface area (Å²) in [5, 5.41) is 18.4. The van der Waals surface area contributed by atoms with Crippen LogP contribution < -0.4 is 15.4 Å². The summed E-state index contributed by atoms with van der Waals surface area (Å²) in [5.74, 6) is -0.640. The van der Waals surface area contributed by atoms with Gasteiger partial charge < -0.3 is 10.1 Å². The summed E-state index contributed by atoms with van der Waals surface area (Å²) in [6.45, 7) is 2.14.